The molecule has 0 spiro atoms. The van der Waals surface area contributed by atoms with E-state index in [-0.39, 0.29) is 12.5 Å². The molecule has 1 fully saturated rings. The third-order valence-electron chi connectivity index (χ3n) is 2.56. The predicted molar refractivity (Wildman–Crippen MR) is 83.3 cm³/mol. The Morgan fingerprint density at radius 3 is 2.70 bits per heavy atom. The van der Waals surface area contributed by atoms with Gasteiger partial charge >= 0.3 is 5.97 Å². The van der Waals surface area contributed by atoms with E-state index >= 15 is 0 Å². The lowest BCUT2D eigenvalue weighted by molar-refractivity contribution is -0.143. The smallest absolute Gasteiger partial charge is 0.325 e. The highest BCUT2D eigenvalue weighted by Gasteiger charge is 2.33. The van der Waals surface area contributed by atoms with Crippen molar-refractivity contribution in [3.05, 3.63) is 39.8 Å². The van der Waals surface area contributed by atoms with E-state index in [1.807, 2.05) is 0 Å². The van der Waals surface area contributed by atoms with Crippen molar-refractivity contribution < 1.29 is 14.3 Å². The second-order valence-electron chi connectivity index (χ2n) is 3.90. The van der Waals surface area contributed by atoms with Crippen molar-refractivity contribution in [3.8, 4) is 0 Å². The molecule has 1 aromatic carbocycles. The average molecular weight is 328 g/mol. The number of hydrogen-bond acceptors (Lipinski definition) is 5. The van der Waals surface area contributed by atoms with Crippen LogP contribution in [0.15, 0.2) is 29.2 Å². The number of thiocarbonyl (C=S) groups is 1. The maximum Gasteiger partial charge on any atom is 0.325 e. The molecule has 0 atom stereocenters. The van der Waals surface area contributed by atoms with E-state index in [4.69, 9.17) is 23.8 Å². The standard InChI is InChI=1S/C13H10ClNO3S2/c1-18-11(16)7-15-12(17)10(20-13(15)19)6-8-2-4-9(14)5-3-8/h2-6H,7H2,1H3. The number of amides is 1. The Labute approximate surface area is 130 Å². The predicted octanol–water partition coefficient (Wildman–Crippen LogP) is 2.71. The van der Waals surface area contributed by atoms with Gasteiger partial charge in [0.05, 0.1) is 12.0 Å². The summed E-state index contributed by atoms with van der Waals surface area (Å²) >= 11 is 12.1. The molecule has 1 aromatic rings. The maximum atomic E-state index is 12.2. The average Bonchev–Trinajstić information content (AvgIpc) is 2.69. The molecule has 20 heavy (non-hydrogen) atoms. The molecule has 0 N–H and O–H groups in total. The molecule has 0 aliphatic carbocycles. The minimum absolute atomic E-state index is 0.168. The monoisotopic (exact) mass is 327 g/mol. The van der Waals surface area contributed by atoms with Crippen LogP contribution in [0.1, 0.15) is 5.56 Å². The maximum absolute atomic E-state index is 12.2. The molecule has 0 aromatic heterocycles. The molecule has 7 heteroatoms. The number of ether oxygens (including phenoxy) is 1. The van der Waals surface area contributed by atoms with E-state index < -0.39 is 5.97 Å². The van der Waals surface area contributed by atoms with Crippen LogP contribution in [0.5, 0.6) is 0 Å². The summed E-state index contributed by atoms with van der Waals surface area (Å²) in [7, 11) is 1.27. The minimum atomic E-state index is -0.506. The van der Waals surface area contributed by atoms with Crippen LogP contribution in [0.25, 0.3) is 6.08 Å². The van der Waals surface area contributed by atoms with E-state index in [0.717, 1.165) is 17.3 Å². The molecule has 1 aliphatic rings. The molecule has 1 aliphatic heterocycles. The van der Waals surface area contributed by atoms with Crippen LogP contribution in [0, 0.1) is 0 Å². The van der Waals surface area contributed by atoms with Crippen LogP contribution < -0.4 is 0 Å². The van der Waals surface area contributed by atoms with Gasteiger partial charge in [-0.05, 0) is 23.8 Å². The summed E-state index contributed by atoms with van der Waals surface area (Å²) in [4.78, 5) is 25.1. The van der Waals surface area contributed by atoms with Crippen molar-refractivity contribution in [2.45, 2.75) is 0 Å². The van der Waals surface area contributed by atoms with Gasteiger partial charge in [0.15, 0.2) is 0 Å². The van der Waals surface area contributed by atoms with Crippen molar-refractivity contribution in [2.75, 3.05) is 13.7 Å². The third kappa shape index (κ3) is 3.39. The summed E-state index contributed by atoms with van der Waals surface area (Å²) < 4.78 is 4.89. The van der Waals surface area contributed by atoms with Crippen LogP contribution in [0.3, 0.4) is 0 Å². The van der Waals surface area contributed by atoms with Gasteiger partial charge in [-0.15, -0.1) is 0 Å². The van der Waals surface area contributed by atoms with Crippen molar-refractivity contribution in [3.63, 3.8) is 0 Å². The van der Waals surface area contributed by atoms with E-state index in [9.17, 15) is 9.59 Å². The lowest BCUT2D eigenvalue weighted by Gasteiger charge is -2.11. The fraction of sp³-hybridized carbons (Fsp3) is 0.154. The molecule has 1 heterocycles. The quantitative estimate of drug-likeness (QED) is 0.485. The number of benzene rings is 1. The van der Waals surface area contributed by atoms with Crippen LogP contribution in [0.2, 0.25) is 5.02 Å². The Kier molecular flexibility index (Phi) is 4.80. The molecule has 0 bridgehead atoms. The number of thioether (sulfide) groups is 1. The number of esters is 1. The number of methoxy groups -OCH3 is 1. The molecule has 1 amide bonds. The van der Waals surface area contributed by atoms with Crippen molar-refractivity contribution >= 4 is 57.9 Å². The fourth-order valence-corrected chi connectivity index (χ4v) is 2.92. The van der Waals surface area contributed by atoms with Crippen molar-refractivity contribution in [2.24, 2.45) is 0 Å². The highest BCUT2D eigenvalue weighted by Crippen LogP contribution is 2.32. The van der Waals surface area contributed by atoms with E-state index in [0.29, 0.717) is 14.2 Å². The van der Waals surface area contributed by atoms with E-state index in [2.05, 4.69) is 4.74 Å². The van der Waals surface area contributed by atoms with Crippen LogP contribution in [-0.4, -0.2) is 34.8 Å². The molecule has 0 unspecified atom stereocenters. The van der Waals surface area contributed by atoms with E-state index in [1.165, 1.54) is 12.0 Å². The van der Waals surface area contributed by atoms with Gasteiger partial charge in [-0.25, -0.2) is 0 Å². The largest absolute Gasteiger partial charge is 0.468 e. The van der Waals surface area contributed by atoms with Gasteiger partial charge in [0.25, 0.3) is 5.91 Å². The number of carbonyl (C=O) groups excluding carboxylic acids is 2. The van der Waals surface area contributed by atoms with Crippen LogP contribution in [0.4, 0.5) is 0 Å². The highest BCUT2D eigenvalue weighted by atomic mass is 35.5. The minimum Gasteiger partial charge on any atom is -0.468 e. The van der Waals surface area contributed by atoms with Gasteiger partial charge < -0.3 is 4.74 Å². The van der Waals surface area contributed by atoms with Gasteiger partial charge in [-0.3, -0.25) is 14.5 Å². The first-order valence-electron chi connectivity index (χ1n) is 5.59. The molecular formula is C13H10ClNO3S2. The van der Waals surface area contributed by atoms with Crippen LogP contribution >= 0.6 is 35.6 Å². The van der Waals surface area contributed by atoms with Gasteiger partial charge in [0.2, 0.25) is 0 Å². The highest BCUT2D eigenvalue weighted by molar-refractivity contribution is 8.26. The number of nitrogens with zero attached hydrogens (tertiary/aromatic N) is 1. The summed E-state index contributed by atoms with van der Waals surface area (Å²) in [6.45, 7) is -0.168. The Morgan fingerprint density at radius 2 is 2.10 bits per heavy atom. The van der Waals surface area contributed by atoms with Gasteiger partial charge in [0.1, 0.15) is 10.9 Å². The first kappa shape index (κ1) is 15.0. The SMILES string of the molecule is COC(=O)CN1C(=O)C(=Cc2ccc(Cl)cc2)SC1=S. The summed E-state index contributed by atoms with van der Waals surface area (Å²) in [5.74, 6) is -0.797. The molecule has 104 valence electrons. The zero-order valence-electron chi connectivity index (χ0n) is 10.5. The summed E-state index contributed by atoms with van der Waals surface area (Å²) in [5.41, 5.74) is 0.841. The Hall–Kier alpha value is -1.37. The second kappa shape index (κ2) is 6.39. The first-order chi connectivity index (χ1) is 9.51. The summed E-state index contributed by atoms with van der Waals surface area (Å²) in [6, 6.07) is 7.08. The topological polar surface area (TPSA) is 46.6 Å². The molecule has 0 radical (unpaired) electrons. The van der Waals surface area contributed by atoms with E-state index in [1.54, 1.807) is 30.3 Å². The van der Waals surface area contributed by atoms with Crippen LogP contribution in [-0.2, 0) is 14.3 Å². The Bertz CT molecular complexity index is 598. The van der Waals surface area contributed by atoms with Gasteiger partial charge in [-0.1, -0.05) is 47.7 Å². The molecular weight excluding hydrogens is 318 g/mol. The molecule has 4 nitrogen and oxygen atoms in total. The Balaban J connectivity index is 2.19. The summed E-state index contributed by atoms with van der Waals surface area (Å²) in [5, 5.41) is 0.625. The number of halogens is 1. The van der Waals surface area contributed by atoms with Gasteiger partial charge in [-0.2, -0.15) is 0 Å². The molecule has 1 saturated heterocycles. The first-order valence-corrected chi connectivity index (χ1v) is 7.19. The van der Waals surface area contributed by atoms with Crippen molar-refractivity contribution in [1.29, 1.82) is 0 Å². The lowest BCUT2D eigenvalue weighted by atomic mass is 10.2. The van der Waals surface area contributed by atoms with Gasteiger partial charge in [0, 0.05) is 5.02 Å². The number of carbonyl (C=O) groups is 2. The van der Waals surface area contributed by atoms with Crippen molar-refractivity contribution in [1.82, 2.24) is 4.90 Å². The second-order valence-corrected chi connectivity index (χ2v) is 6.01. The number of rotatable bonds is 3. The zero-order chi connectivity index (χ0) is 14.7. The zero-order valence-corrected chi connectivity index (χ0v) is 12.8. The number of hydrogen-bond donors (Lipinski definition) is 0. The molecule has 2 rings (SSSR count). The molecule has 0 saturated carbocycles. The fourth-order valence-electron chi connectivity index (χ4n) is 1.54. The normalized spacial score (nSPS) is 16.9. The summed E-state index contributed by atoms with van der Waals surface area (Å²) in [6.07, 6.45) is 1.72. The Morgan fingerprint density at radius 1 is 1.45 bits per heavy atom. The third-order valence-corrected chi connectivity index (χ3v) is 4.19. The lowest BCUT2D eigenvalue weighted by Crippen LogP contribution is -2.33.